The summed E-state index contributed by atoms with van der Waals surface area (Å²) >= 11 is 0. The summed E-state index contributed by atoms with van der Waals surface area (Å²) in [5.74, 6) is 0.675. The van der Waals surface area contributed by atoms with Gasteiger partial charge < -0.3 is 10.5 Å². The first-order valence-corrected chi connectivity index (χ1v) is 5.24. The number of Topliss-reactive ketones (excluding diaryl/α,β-unsaturated/α-hetero) is 1. The average Bonchev–Trinajstić information content (AvgIpc) is 2.26. The highest BCUT2D eigenvalue weighted by Crippen LogP contribution is 2.23. The molecule has 2 N–H and O–H groups in total. The SMILES string of the molecule is C=C(C)COc1ccc(C(=O)CC)cc1N. The molecule has 0 heterocycles. The third-order valence-corrected chi connectivity index (χ3v) is 2.13. The Balaban J connectivity index is 2.83. The molecule has 3 heteroatoms. The summed E-state index contributed by atoms with van der Waals surface area (Å²) < 4.78 is 5.43. The Bertz CT molecular complexity index is 410. The van der Waals surface area contributed by atoms with Gasteiger partial charge in [-0.15, -0.1) is 0 Å². The quantitative estimate of drug-likeness (QED) is 0.470. The number of anilines is 1. The molecular weight excluding hydrogens is 202 g/mol. The van der Waals surface area contributed by atoms with Gasteiger partial charge in [-0.1, -0.05) is 13.5 Å². The number of nitrogen functional groups attached to an aromatic ring is 1. The van der Waals surface area contributed by atoms with E-state index in [-0.39, 0.29) is 5.78 Å². The molecule has 0 aromatic heterocycles. The molecule has 1 aromatic carbocycles. The van der Waals surface area contributed by atoms with Gasteiger partial charge in [0.1, 0.15) is 12.4 Å². The Hall–Kier alpha value is -1.77. The number of rotatable bonds is 5. The van der Waals surface area contributed by atoms with E-state index >= 15 is 0 Å². The zero-order chi connectivity index (χ0) is 12.1. The highest BCUT2D eigenvalue weighted by atomic mass is 16.5. The van der Waals surface area contributed by atoms with Crippen molar-refractivity contribution in [2.45, 2.75) is 20.3 Å². The van der Waals surface area contributed by atoms with Gasteiger partial charge in [0.25, 0.3) is 0 Å². The molecule has 0 aliphatic rings. The first-order valence-electron chi connectivity index (χ1n) is 5.24. The number of carbonyl (C=O) groups excluding carboxylic acids is 1. The highest BCUT2D eigenvalue weighted by Gasteiger charge is 2.06. The van der Waals surface area contributed by atoms with Crippen LogP contribution in [0.4, 0.5) is 5.69 Å². The minimum atomic E-state index is 0.0816. The molecule has 1 aromatic rings. The average molecular weight is 219 g/mol. The van der Waals surface area contributed by atoms with E-state index in [0.29, 0.717) is 30.0 Å². The molecule has 0 fully saturated rings. The highest BCUT2D eigenvalue weighted by molar-refractivity contribution is 5.97. The molecule has 0 saturated heterocycles. The Morgan fingerprint density at radius 1 is 1.50 bits per heavy atom. The summed E-state index contributed by atoms with van der Waals surface area (Å²) in [6, 6.07) is 5.11. The molecule has 0 saturated carbocycles. The maximum atomic E-state index is 11.4. The third-order valence-electron chi connectivity index (χ3n) is 2.13. The van der Waals surface area contributed by atoms with Crippen LogP contribution in [0.1, 0.15) is 30.6 Å². The van der Waals surface area contributed by atoms with Gasteiger partial charge >= 0.3 is 0 Å². The Labute approximate surface area is 95.9 Å². The number of hydrogen-bond acceptors (Lipinski definition) is 3. The molecule has 0 aliphatic carbocycles. The van der Waals surface area contributed by atoms with Crippen LogP contribution in [0.25, 0.3) is 0 Å². The van der Waals surface area contributed by atoms with E-state index in [0.717, 1.165) is 5.57 Å². The first-order chi connectivity index (χ1) is 7.54. The molecule has 0 aliphatic heterocycles. The predicted octanol–water partition coefficient (Wildman–Crippen LogP) is 2.82. The molecule has 0 atom stereocenters. The lowest BCUT2D eigenvalue weighted by molar-refractivity contribution is 0.0988. The second kappa shape index (κ2) is 5.35. The van der Waals surface area contributed by atoms with E-state index in [1.54, 1.807) is 18.2 Å². The van der Waals surface area contributed by atoms with E-state index < -0.39 is 0 Å². The number of carbonyl (C=O) groups is 1. The summed E-state index contributed by atoms with van der Waals surface area (Å²) in [6.07, 6.45) is 0.478. The summed E-state index contributed by atoms with van der Waals surface area (Å²) in [7, 11) is 0. The largest absolute Gasteiger partial charge is 0.487 e. The van der Waals surface area contributed by atoms with Crippen molar-refractivity contribution in [3.63, 3.8) is 0 Å². The molecule has 0 spiro atoms. The monoisotopic (exact) mass is 219 g/mol. The van der Waals surface area contributed by atoms with Gasteiger partial charge in [-0.25, -0.2) is 0 Å². The molecular formula is C13H17NO2. The van der Waals surface area contributed by atoms with Crippen LogP contribution in [0.2, 0.25) is 0 Å². The van der Waals surface area contributed by atoms with Crippen molar-refractivity contribution >= 4 is 11.5 Å². The summed E-state index contributed by atoms with van der Waals surface area (Å²) in [5, 5.41) is 0. The van der Waals surface area contributed by atoms with Crippen LogP contribution in [-0.2, 0) is 0 Å². The predicted molar refractivity (Wildman–Crippen MR) is 65.8 cm³/mol. The molecule has 1 rings (SSSR count). The first kappa shape index (κ1) is 12.3. The molecule has 0 radical (unpaired) electrons. The molecule has 16 heavy (non-hydrogen) atoms. The lowest BCUT2D eigenvalue weighted by atomic mass is 10.1. The second-order valence-corrected chi connectivity index (χ2v) is 3.78. The normalized spacial score (nSPS) is 9.88. The van der Waals surface area contributed by atoms with Crippen molar-refractivity contribution < 1.29 is 9.53 Å². The van der Waals surface area contributed by atoms with Crippen molar-refractivity contribution in [3.8, 4) is 5.75 Å². The Kier molecular flexibility index (Phi) is 4.11. The standard InChI is InChI=1S/C13H17NO2/c1-4-12(15)10-5-6-13(11(14)7-10)16-8-9(2)3/h5-7H,2,4,8,14H2,1,3H3. The van der Waals surface area contributed by atoms with Gasteiger partial charge in [0, 0.05) is 12.0 Å². The maximum Gasteiger partial charge on any atom is 0.162 e. The Morgan fingerprint density at radius 3 is 2.69 bits per heavy atom. The number of ketones is 1. The van der Waals surface area contributed by atoms with Gasteiger partial charge in [-0.3, -0.25) is 4.79 Å². The van der Waals surface area contributed by atoms with E-state index in [4.69, 9.17) is 10.5 Å². The van der Waals surface area contributed by atoms with Crippen LogP contribution in [0, 0.1) is 0 Å². The molecule has 0 bridgehead atoms. The summed E-state index contributed by atoms with van der Waals surface area (Å²) in [4.78, 5) is 11.4. The second-order valence-electron chi connectivity index (χ2n) is 3.78. The molecule has 0 unspecified atom stereocenters. The van der Waals surface area contributed by atoms with Crippen molar-refractivity contribution in [3.05, 3.63) is 35.9 Å². The number of ether oxygens (including phenoxy) is 1. The fourth-order valence-corrected chi connectivity index (χ4v) is 1.26. The zero-order valence-corrected chi connectivity index (χ0v) is 9.75. The molecule has 0 amide bonds. The lowest BCUT2D eigenvalue weighted by Crippen LogP contribution is -2.03. The van der Waals surface area contributed by atoms with Crippen molar-refractivity contribution in [1.29, 1.82) is 0 Å². The molecule has 3 nitrogen and oxygen atoms in total. The van der Waals surface area contributed by atoms with Crippen LogP contribution in [0.3, 0.4) is 0 Å². The summed E-state index contributed by atoms with van der Waals surface area (Å²) in [6.45, 7) is 7.88. The Morgan fingerprint density at radius 2 is 2.19 bits per heavy atom. The fourth-order valence-electron chi connectivity index (χ4n) is 1.26. The maximum absolute atomic E-state index is 11.4. The number of benzene rings is 1. The van der Waals surface area contributed by atoms with Crippen LogP contribution in [-0.4, -0.2) is 12.4 Å². The van der Waals surface area contributed by atoms with Crippen molar-refractivity contribution in [2.75, 3.05) is 12.3 Å². The van der Waals surface area contributed by atoms with Gasteiger partial charge in [0.15, 0.2) is 5.78 Å². The number of nitrogens with two attached hydrogens (primary N) is 1. The zero-order valence-electron chi connectivity index (χ0n) is 9.75. The van der Waals surface area contributed by atoms with Crippen LogP contribution in [0.5, 0.6) is 5.75 Å². The van der Waals surface area contributed by atoms with E-state index in [1.807, 2.05) is 13.8 Å². The smallest absolute Gasteiger partial charge is 0.162 e. The van der Waals surface area contributed by atoms with Crippen LogP contribution in [0.15, 0.2) is 30.4 Å². The van der Waals surface area contributed by atoms with Gasteiger partial charge in [-0.05, 0) is 30.7 Å². The minimum Gasteiger partial charge on any atom is -0.487 e. The van der Waals surface area contributed by atoms with Crippen molar-refractivity contribution in [1.82, 2.24) is 0 Å². The fraction of sp³-hybridized carbons (Fsp3) is 0.308. The lowest BCUT2D eigenvalue weighted by Gasteiger charge is -2.09. The van der Waals surface area contributed by atoms with E-state index in [1.165, 1.54) is 0 Å². The van der Waals surface area contributed by atoms with Crippen LogP contribution >= 0.6 is 0 Å². The number of hydrogen-bond donors (Lipinski definition) is 1. The summed E-state index contributed by atoms with van der Waals surface area (Å²) in [5.41, 5.74) is 7.83. The van der Waals surface area contributed by atoms with Crippen LogP contribution < -0.4 is 10.5 Å². The van der Waals surface area contributed by atoms with Crippen molar-refractivity contribution in [2.24, 2.45) is 0 Å². The molecule has 86 valence electrons. The van der Waals surface area contributed by atoms with E-state index in [9.17, 15) is 4.79 Å². The minimum absolute atomic E-state index is 0.0816. The topological polar surface area (TPSA) is 52.3 Å². The van der Waals surface area contributed by atoms with Gasteiger partial charge in [-0.2, -0.15) is 0 Å². The van der Waals surface area contributed by atoms with E-state index in [2.05, 4.69) is 6.58 Å². The van der Waals surface area contributed by atoms with Gasteiger partial charge in [0.2, 0.25) is 0 Å². The van der Waals surface area contributed by atoms with Gasteiger partial charge in [0.05, 0.1) is 5.69 Å². The third kappa shape index (κ3) is 3.12.